The number of aliphatic hydroxyl groups is 1. The zero-order valence-corrected chi connectivity index (χ0v) is 30.7. The molecule has 53 heavy (non-hydrogen) atoms. The zero-order valence-electron chi connectivity index (χ0n) is 30.7. The molecule has 4 unspecified atom stereocenters. The number of Topliss-reactive ketones (excluding diaryl/α,β-unsaturated/α-hetero) is 1. The fourth-order valence-electron chi connectivity index (χ4n) is 9.57. The third-order valence-electron chi connectivity index (χ3n) is 12.0. The lowest BCUT2D eigenvalue weighted by molar-refractivity contribution is -0.147. The number of aromatic hydroxyl groups is 2. The number of ether oxygens (including phenoxy) is 3. The Bertz CT molecular complexity index is 1960. The first-order chi connectivity index (χ1) is 25.6. The van der Waals surface area contributed by atoms with Gasteiger partial charge in [-0.05, 0) is 121 Å². The Balaban J connectivity index is 1.21. The number of methoxy groups -OCH3 is 1. The molecule has 1 heterocycles. The average Bonchev–Trinajstić information content (AvgIpc) is 3.76. The fourth-order valence-corrected chi connectivity index (χ4v) is 9.57. The van der Waals surface area contributed by atoms with Crippen molar-refractivity contribution in [3.8, 4) is 23.0 Å². The molecule has 0 amide bonds. The quantitative estimate of drug-likeness (QED) is 0.101. The van der Waals surface area contributed by atoms with E-state index >= 15 is 0 Å². The van der Waals surface area contributed by atoms with Crippen LogP contribution < -0.4 is 9.47 Å². The largest absolute Gasteiger partial charge is 0.504 e. The number of phenols is 2. The van der Waals surface area contributed by atoms with Crippen LogP contribution in [0.25, 0.3) is 16.5 Å². The van der Waals surface area contributed by atoms with E-state index in [1.54, 1.807) is 19.2 Å². The van der Waals surface area contributed by atoms with Crippen molar-refractivity contribution in [2.24, 2.45) is 17.3 Å². The summed E-state index contributed by atoms with van der Waals surface area (Å²) in [5.74, 6) is 0.584. The summed E-state index contributed by atoms with van der Waals surface area (Å²) in [6, 6.07) is 19.2. The number of H-pyrrole nitrogens is 1. The second-order valence-electron chi connectivity index (χ2n) is 15.4. The predicted molar refractivity (Wildman–Crippen MR) is 203 cm³/mol. The number of esters is 1. The molecule has 9 nitrogen and oxygen atoms in total. The maximum absolute atomic E-state index is 14.3. The van der Waals surface area contributed by atoms with Crippen LogP contribution in [-0.2, 0) is 20.7 Å². The molecular formula is C44H51NO8. The number of aliphatic hydroxyl groups excluding tert-OH is 1. The van der Waals surface area contributed by atoms with Gasteiger partial charge >= 0.3 is 5.97 Å². The molecule has 4 N–H and O–H groups in total. The maximum Gasteiger partial charge on any atom is 0.302 e. The van der Waals surface area contributed by atoms with Crippen LogP contribution in [0.15, 0.2) is 66.7 Å². The molecule has 9 heteroatoms. The number of ketones is 1. The number of para-hydroxylation sites is 1. The Morgan fingerprint density at radius 3 is 2.55 bits per heavy atom. The van der Waals surface area contributed by atoms with Gasteiger partial charge < -0.3 is 34.5 Å². The van der Waals surface area contributed by atoms with Crippen LogP contribution in [-0.4, -0.2) is 58.5 Å². The molecular weight excluding hydrogens is 670 g/mol. The smallest absolute Gasteiger partial charge is 0.302 e. The van der Waals surface area contributed by atoms with Crippen LogP contribution in [0.4, 0.5) is 0 Å². The molecule has 7 rings (SSSR count). The Labute approximate surface area is 311 Å². The zero-order chi connectivity index (χ0) is 37.1. The summed E-state index contributed by atoms with van der Waals surface area (Å²) < 4.78 is 16.9. The standard InChI is InChI=1S/C44H51NO8/c1-27(47)53-32(11-9-28-10-12-40(49)43(19-28)52-18-17-46)22-31(48)23-34-33-13-16-44(14-5-6-15-44)26-30(33)20-37(35-24-41(50)42(51-2)25-36(34)35)39-21-29-7-3-4-8-38(29)45-39/h3-4,7-8,10,12,19-21,24-25,30,32-34,45-46,49-50H,5-6,9,11,13-18,22-23,26H2,1-2H3. The van der Waals surface area contributed by atoms with Gasteiger partial charge in [-0.1, -0.05) is 43.2 Å². The number of nitrogens with one attached hydrogen (secondary N) is 1. The minimum atomic E-state index is -0.626. The monoisotopic (exact) mass is 721 g/mol. The molecule has 0 bridgehead atoms. The van der Waals surface area contributed by atoms with Gasteiger partial charge in [0.2, 0.25) is 0 Å². The Kier molecular flexibility index (Phi) is 10.8. The molecule has 1 spiro atoms. The van der Waals surface area contributed by atoms with E-state index in [1.807, 2.05) is 24.3 Å². The molecule has 3 aliphatic carbocycles. The Morgan fingerprint density at radius 1 is 0.981 bits per heavy atom. The highest BCUT2D eigenvalue weighted by atomic mass is 16.5. The first-order valence-corrected chi connectivity index (χ1v) is 19.1. The number of carbonyl (C=O) groups excluding carboxylic acids is 2. The number of aromatic amines is 1. The van der Waals surface area contributed by atoms with E-state index in [0.717, 1.165) is 58.1 Å². The number of carbonyl (C=O) groups is 2. The highest BCUT2D eigenvalue weighted by Crippen LogP contribution is 2.58. The number of fused-ring (bicyclic) bond motifs is 3. The first-order valence-electron chi connectivity index (χ1n) is 19.1. The minimum absolute atomic E-state index is 0.0193. The van der Waals surface area contributed by atoms with Gasteiger partial charge in [-0.2, -0.15) is 0 Å². The van der Waals surface area contributed by atoms with E-state index in [0.29, 0.717) is 24.0 Å². The van der Waals surface area contributed by atoms with E-state index in [1.165, 1.54) is 38.7 Å². The number of phenolic OH excluding ortho intramolecular Hbond substituents is 2. The summed E-state index contributed by atoms with van der Waals surface area (Å²) in [4.78, 5) is 30.2. The second kappa shape index (κ2) is 15.7. The van der Waals surface area contributed by atoms with Crippen molar-refractivity contribution >= 4 is 28.2 Å². The number of rotatable bonds is 13. The molecule has 2 fully saturated rings. The number of allylic oxidation sites excluding steroid dienone is 1. The van der Waals surface area contributed by atoms with Crippen molar-refractivity contribution < 1.29 is 39.1 Å². The molecule has 3 aliphatic rings. The van der Waals surface area contributed by atoms with Gasteiger partial charge in [0.25, 0.3) is 0 Å². The summed E-state index contributed by atoms with van der Waals surface area (Å²) in [7, 11) is 1.56. The molecule has 0 radical (unpaired) electrons. The number of aryl methyl sites for hydroxylation is 1. The Morgan fingerprint density at radius 2 is 1.79 bits per heavy atom. The molecule has 4 aromatic rings. The van der Waals surface area contributed by atoms with Crippen molar-refractivity contribution in [1.82, 2.24) is 4.98 Å². The van der Waals surface area contributed by atoms with Gasteiger partial charge in [0, 0.05) is 41.9 Å². The highest BCUT2D eigenvalue weighted by Gasteiger charge is 2.46. The normalized spacial score (nSPS) is 21.0. The van der Waals surface area contributed by atoms with Gasteiger partial charge in [-0.15, -0.1) is 0 Å². The first kappa shape index (κ1) is 36.6. The number of hydrogen-bond acceptors (Lipinski definition) is 8. The van der Waals surface area contributed by atoms with Crippen molar-refractivity contribution in [3.05, 3.63) is 89.1 Å². The number of hydrogen-bond donors (Lipinski definition) is 4. The van der Waals surface area contributed by atoms with Crippen molar-refractivity contribution in [2.45, 2.75) is 89.6 Å². The summed E-state index contributed by atoms with van der Waals surface area (Å²) in [6.45, 7) is 1.24. The van der Waals surface area contributed by atoms with Gasteiger partial charge in [0.15, 0.2) is 23.0 Å². The highest BCUT2D eigenvalue weighted by molar-refractivity contribution is 5.90. The molecule has 4 atom stereocenters. The number of benzene rings is 3. The van der Waals surface area contributed by atoms with Crippen molar-refractivity contribution in [2.75, 3.05) is 20.3 Å². The lowest BCUT2D eigenvalue weighted by Crippen LogP contribution is -2.34. The van der Waals surface area contributed by atoms with Crippen LogP contribution >= 0.6 is 0 Å². The molecule has 280 valence electrons. The molecule has 3 aromatic carbocycles. The maximum atomic E-state index is 14.3. The molecule has 0 aliphatic heterocycles. The minimum Gasteiger partial charge on any atom is -0.504 e. The topological polar surface area (TPSA) is 138 Å². The molecule has 2 saturated carbocycles. The van der Waals surface area contributed by atoms with Gasteiger partial charge in [-0.25, -0.2) is 0 Å². The predicted octanol–water partition coefficient (Wildman–Crippen LogP) is 8.38. The van der Waals surface area contributed by atoms with Gasteiger partial charge in [0.05, 0.1) is 13.7 Å². The van der Waals surface area contributed by atoms with E-state index in [9.17, 15) is 19.8 Å². The van der Waals surface area contributed by atoms with E-state index in [4.69, 9.17) is 19.3 Å². The summed E-state index contributed by atoms with van der Waals surface area (Å²) in [6.07, 6.45) is 11.3. The lowest BCUT2D eigenvalue weighted by atomic mass is 9.60. The van der Waals surface area contributed by atoms with E-state index < -0.39 is 12.1 Å². The summed E-state index contributed by atoms with van der Waals surface area (Å²) >= 11 is 0. The van der Waals surface area contributed by atoms with E-state index in [2.05, 4.69) is 29.3 Å². The van der Waals surface area contributed by atoms with Crippen molar-refractivity contribution in [1.29, 1.82) is 0 Å². The SMILES string of the molecule is COc1cc2c(cc1O)C(c1cc3ccccc3[nH]1)=CC1CC3(CCCC3)CCC1C2CC(=O)CC(CCc1ccc(O)c(OCCO)c1)OC(C)=O. The van der Waals surface area contributed by atoms with Gasteiger partial charge in [0.1, 0.15) is 18.5 Å². The fraction of sp³-hybridized carbons (Fsp3) is 0.455. The molecule has 0 saturated heterocycles. The average molecular weight is 722 g/mol. The lowest BCUT2D eigenvalue weighted by Gasteiger charge is -2.44. The molecule has 1 aromatic heterocycles. The van der Waals surface area contributed by atoms with Gasteiger partial charge in [-0.3, -0.25) is 9.59 Å². The summed E-state index contributed by atoms with van der Waals surface area (Å²) in [5, 5.41) is 31.6. The summed E-state index contributed by atoms with van der Waals surface area (Å²) in [5.41, 5.74) is 6.16. The van der Waals surface area contributed by atoms with Crippen LogP contribution in [0.2, 0.25) is 0 Å². The van der Waals surface area contributed by atoms with Crippen LogP contribution in [0.1, 0.15) is 99.4 Å². The van der Waals surface area contributed by atoms with Crippen LogP contribution in [0.3, 0.4) is 0 Å². The second-order valence-corrected chi connectivity index (χ2v) is 15.4. The third-order valence-corrected chi connectivity index (χ3v) is 12.0. The van der Waals surface area contributed by atoms with E-state index in [-0.39, 0.29) is 66.8 Å². The third kappa shape index (κ3) is 7.96. The van der Waals surface area contributed by atoms with Crippen molar-refractivity contribution in [3.63, 3.8) is 0 Å². The Hall–Kier alpha value is -4.76. The number of aromatic nitrogens is 1. The van der Waals surface area contributed by atoms with Crippen LogP contribution in [0, 0.1) is 17.3 Å². The van der Waals surface area contributed by atoms with Crippen LogP contribution in [0.5, 0.6) is 23.0 Å².